The molecule has 0 saturated heterocycles. The Morgan fingerprint density at radius 2 is 1.76 bits per heavy atom. The average molecular weight is 450 g/mol. The molecule has 2 aromatic carbocycles. The van der Waals surface area contributed by atoms with Crippen LogP contribution in [0, 0.1) is 0 Å². The summed E-state index contributed by atoms with van der Waals surface area (Å²) in [5.41, 5.74) is 3.60. The predicted molar refractivity (Wildman–Crippen MR) is 120 cm³/mol. The van der Waals surface area contributed by atoms with E-state index in [9.17, 15) is 0 Å². The van der Waals surface area contributed by atoms with Gasteiger partial charge < -0.3 is 9.39 Å². The van der Waals surface area contributed by atoms with E-state index < -0.39 is 0 Å². The summed E-state index contributed by atoms with van der Waals surface area (Å²) < 4.78 is 13.6. The van der Waals surface area contributed by atoms with Crippen molar-refractivity contribution in [3.05, 3.63) is 70.7 Å². The van der Waals surface area contributed by atoms with Crippen LogP contribution in [0.4, 0.5) is 0 Å². The van der Waals surface area contributed by atoms with Crippen molar-refractivity contribution in [2.75, 3.05) is 0 Å². The third-order valence-corrected chi connectivity index (χ3v) is 4.88. The Labute approximate surface area is 180 Å². The molecular formula is C22H21BBrN3O2. The van der Waals surface area contributed by atoms with Crippen LogP contribution in [0.15, 0.2) is 65.1 Å². The van der Waals surface area contributed by atoms with Gasteiger partial charge in [0.05, 0.1) is 11.1 Å². The second-order valence-electron chi connectivity index (χ2n) is 6.00. The lowest BCUT2D eigenvalue weighted by molar-refractivity contribution is 0.293. The lowest BCUT2D eigenvalue weighted by Gasteiger charge is -2.11. The van der Waals surface area contributed by atoms with Crippen molar-refractivity contribution in [2.24, 2.45) is 7.05 Å². The van der Waals surface area contributed by atoms with Crippen LogP contribution >= 0.6 is 15.9 Å². The number of aryl methyl sites for hydroxylation is 1. The fourth-order valence-electron chi connectivity index (χ4n) is 2.99. The highest BCUT2D eigenvalue weighted by molar-refractivity contribution is 9.10. The van der Waals surface area contributed by atoms with Crippen LogP contribution in [0.1, 0.15) is 19.4 Å². The molecule has 0 unspecified atom stereocenters. The molecule has 0 fully saturated rings. The summed E-state index contributed by atoms with van der Waals surface area (Å²) in [5, 5.41) is 5.69. The minimum absolute atomic E-state index is 0.281. The topological polar surface area (TPSA) is 49.2 Å². The van der Waals surface area contributed by atoms with Crippen LogP contribution in [0.2, 0.25) is 0 Å². The van der Waals surface area contributed by atoms with Crippen LogP contribution in [0.3, 0.4) is 0 Å². The number of fused-ring (bicyclic) bond motifs is 1. The Morgan fingerprint density at radius 3 is 2.48 bits per heavy atom. The first kappa shape index (κ1) is 20.9. The van der Waals surface area contributed by atoms with E-state index >= 15 is 0 Å². The first-order valence-electron chi connectivity index (χ1n) is 9.33. The molecule has 4 rings (SSSR count). The quantitative estimate of drug-likeness (QED) is 0.379. The molecule has 0 bridgehead atoms. The maximum Gasteiger partial charge on any atom is 0.376 e. The highest BCUT2D eigenvalue weighted by Crippen LogP contribution is 2.36. The Balaban J connectivity index is 0.00000117. The largest absolute Gasteiger partial charge is 0.555 e. The van der Waals surface area contributed by atoms with Gasteiger partial charge in [-0.3, -0.25) is 4.68 Å². The summed E-state index contributed by atoms with van der Waals surface area (Å²) in [4.78, 5) is 4.39. The van der Waals surface area contributed by atoms with Crippen molar-refractivity contribution >= 4 is 34.9 Å². The molecule has 146 valence electrons. The molecule has 4 aromatic rings. The van der Waals surface area contributed by atoms with E-state index in [1.165, 1.54) is 0 Å². The zero-order chi connectivity index (χ0) is 20.8. The maximum atomic E-state index is 6.00. The van der Waals surface area contributed by atoms with Crippen LogP contribution in [0.25, 0.3) is 22.2 Å². The van der Waals surface area contributed by atoms with Crippen molar-refractivity contribution in [3.63, 3.8) is 0 Å². The molecule has 5 nitrogen and oxygen atoms in total. The molecular weight excluding hydrogens is 429 g/mol. The molecule has 0 aliphatic heterocycles. The molecule has 2 radical (unpaired) electrons. The van der Waals surface area contributed by atoms with E-state index in [-0.39, 0.29) is 5.88 Å². The number of hydrogen-bond donors (Lipinski definition) is 0. The molecule has 29 heavy (non-hydrogen) atoms. The number of benzene rings is 2. The lowest BCUT2D eigenvalue weighted by Crippen LogP contribution is -2.01. The number of aromatic nitrogens is 3. The third kappa shape index (κ3) is 4.45. The van der Waals surface area contributed by atoms with Gasteiger partial charge in [0, 0.05) is 16.9 Å². The molecule has 7 heteroatoms. The van der Waals surface area contributed by atoms with Crippen molar-refractivity contribution in [2.45, 2.75) is 20.5 Å². The first-order chi connectivity index (χ1) is 14.2. The van der Waals surface area contributed by atoms with Gasteiger partial charge in [-0.25, -0.2) is 0 Å². The van der Waals surface area contributed by atoms with Gasteiger partial charge in [-0.15, -0.1) is 0 Å². The second kappa shape index (κ2) is 9.61. The SMILES string of the molecule is CC.[B]Oc1ccc(-c2nn(C)c3c(Br)cccc23)c(OCc2ccccc2)n1. The number of hydrogen-bond acceptors (Lipinski definition) is 4. The van der Waals surface area contributed by atoms with Crippen LogP contribution in [-0.2, 0) is 13.7 Å². The minimum atomic E-state index is 0.281. The summed E-state index contributed by atoms with van der Waals surface area (Å²) >= 11 is 3.59. The zero-order valence-corrected chi connectivity index (χ0v) is 18.2. The van der Waals surface area contributed by atoms with Crippen molar-refractivity contribution < 1.29 is 9.39 Å². The lowest BCUT2D eigenvalue weighted by atomic mass is 10.1. The highest BCUT2D eigenvalue weighted by atomic mass is 79.9. The summed E-state index contributed by atoms with van der Waals surface area (Å²) in [6.07, 6.45) is 0. The number of para-hydroxylation sites is 1. The van der Waals surface area contributed by atoms with E-state index in [1.807, 2.05) is 80.2 Å². The van der Waals surface area contributed by atoms with Crippen molar-refractivity contribution in [1.82, 2.24) is 14.8 Å². The van der Waals surface area contributed by atoms with Gasteiger partial charge in [0.25, 0.3) is 0 Å². The molecule has 0 amide bonds. The van der Waals surface area contributed by atoms with Crippen molar-refractivity contribution in [1.29, 1.82) is 0 Å². The van der Waals surface area contributed by atoms with E-state index in [0.29, 0.717) is 12.5 Å². The fraction of sp³-hybridized carbons (Fsp3) is 0.182. The Morgan fingerprint density at radius 1 is 1.00 bits per heavy atom. The Hall–Kier alpha value is -2.80. The van der Waals surface area contributed by atoms with Gasteiger partial charge >= 0.3 is 8.05 Å². The van der Waals surface area contributed by atoms with Gasteiger partial charge in [0.2, 0.25) is 5.88 Å². The zero-order valence-electron chi connectivity index (χ0n) is 16.6. The van der Waals surface area contributed by atoms with Gasteiger partial charge in [-0.05, 0) is 39.7 Å². The molecule has 0 aliphatic carbocycles. The predicted octanol–water partition coefficient (Wildman–Crippen LogP) is 5.47. The smallest absolute Gasteiger partial charge is 0.376 e. The Bertz CT molecular complexity index is 1100. The fourth-order valence-corrected chi connectivity index (χ4v) is 3.62. The number of pyridine rings is 1. The number of rotatable bonds is 5. The van der Waals surface area contributed by atoms with Crippen LogP contribution in [-0.4, -0.2) is 22.8 Å². The summed E-state index contributed by atoms with van der Waals surface area (Å²) in [6.45, 7) is 4.38. The number of halogens is 1. The molecule has 0 spiro atoms. The van der Waals surface area contributed by atoms with Gasteiger partial charge in [-0.2, -0.15) is 10.1 Å². The molecule has 2 heterocycles. The number of ether oxygens (including phenoxy) is 1. The average Bonchev–Trinajstić information content (AvgIpc) is 3.11. The van der Waals surface area contributed by atoms with Crippen LogP contribution < -0.4 is 9.39 Å². The molecule has 2 aromatic heterocycles. The summed E-state index contributed by atoms with van der Waals surface area (Å²) in [6, 6.07) is 19.4. The van der Waals surface area contributed by atoms with Crippen LogP contribution in [0.5, 0.6) is 11.8 Å². The monoisotopic (exact) mass is 449 g/mol. The molecule has 0 N–H and O–H groups in total. The van der Waals surface area contributed by atoms with E-state index in [1.54, 1.807) is 6.07 Å². The standard InChI is InChI=1S/C20H15BBrN3O2.C2H6/c1-25-19-14(8-5-9-16(19)22)18(24-25)15-10-11-17(27-21)23-20(15)26-12-13-6-3-2-4-7-13;1-2/h2-11H,12H2,1H3;1-2H3. The maximum absolute atomic E-state index is 6.00. The third-order valence-electron chi connectivity index (χ3n) is 4.24. The van der Waals surface area contributed by atoms with Gasteiger partial charge in [-0.1, -0.05) is 56.3 Å². The first-order valence-corrected chi connectivity index (χ1v) is 10.1. The summed E-state index contributed by atoms with van der Waals surface area (Å²) in [7, 11) is 7.19. The van der Waals surface area contributed by atoms with Crippen molar-refractivity contribution in [3.8, 4) is 23.0 Å². The second-order valence-corrected chi connectivity index (χ2v) is 6.86. The van der Waals surface area contributed by atoms with Gasteiger partial charge in [0.1, 0.15) is 12.3 Å². The van der Waals surface area contributed by atoms with E-state index in [2.05, 4.69) is 26.0 Å². The van der Waals surface area contributed by atoms with E-state index in [0.717, 1.165) is 32.2 Å². The molecule has 0 saturated carbocycles. The normalized spacial score (nSPS) is 10.3. The molecule has 0 aliphatic rings. The molecule has 0 atom stereocenters. The van der Waals surface area contributed by atoms with Gasteiger partial charge in [0.15, 0.2) is 5.88 Å². The Kier molecular flexibility index (Phi) is 6.93. The van der Waals surface area contributed by atoms with E-state index in [4.69, 9.17) is 17.4 Å². The highest BCUT2D eigenvalue weighted by Gasteiger charge is 2.18. The minimum Gasteiger partial charge on any atom is -0.555 e. The number of nitrogens with zero attached hydrogens (tertiary/aromatic N) is 3. The summed E-state index contributed by atoms with van der Waals surface area (Å²) in [5.74, 6) is 0.699.